The number of hydrogen-bond donors (Lipinski definition) is 3. The predicted octanol–water partition coefficient (Wildman–Crippen LogP) is 1.15. The van der Waals surface area contributed by atoms with E-state index in [2.05, 4.69) is 47.8 Å². The lowest BCUT2D eigenvalue weighted by molar-refractivity contribution is -0.900. The van der Waals surface area contributed by atoms with E-state index in [1.807, 2.05) is 13.8 Å². The number of amides is 1. The van der Waals surface area contributed by atoms with E-state index >= 15 is 0 Å². The van der Waals surface area contributed by atoms with Gasteiger partial charge in [0.25, 0.3) is 0 Å². The van der Waals surface area contributed by atoms with Gasteiger partial charge in [-0.15, -0.1) is 0 Å². The number of benzene rings is 1. The van der Waals surface area contributed by atoms with Crippen molar-refractivity contribution < 1.29 is 9.69 Å². The summed E-state index contributed by atoms with van der Waals surface area (Å²) in [7, 11) is 2.21. The van der Waals surface area contributed by atoms with Gasteiger partial charge < -0.3 is 15.2 Å². The maximum Gasteiger partial charge on any atom is 0.232 e. The molecule has 0 fully saturated rings. The highest BCUT2D eigenvalue weighted by atomic mass is 16.1. The van der Waals surface area contributed by atoms with Crippen molar-refractivity contribution in [1.82, 2.24) is 10.3 Å². The third-order valence-corrected chi connectivity index (χ3v) is 5.18. The Balaban J connectivity index is 1.80. The minimum atomic E-state index is -0.0422. The largest absolute Gasteiger partial charge is 0.361 e. The van der Waals surface area contributed by atoms with Crippen molar-refractivity contribution in [3.63, 3.8) is 0 Å². The van der Waals surface area contributed by atoms with Gasteiger partial charge in [-0.3, -0.25) is 4.79 Å². The van der Waals surface area contributed by atoms with Crippen molar-refractivity contribution in [1.29, 1.82) is 0 Å². The maximum atomic E-state index is 12.5. The number of carbonyl (C=O) groups excluding carboxylic acids is 1. The fourth-order valence-corrected chi connectivity index (χ4v) is 4.15. The molecule has 2 aromatic rings. The molecule has 3 N–H and O–H groups in total. The number of H-pyrrole nitrogens is 1. The summed E-state index contributed by atoms with van der Waals surface area (Å²) in [5.41, 5.74) is 5.25. The summed E-state index contributed by atoms with van der Waals surface area (Å²) in [6.07, 6.45) is 5.42. The summed E-state index contributed by atoms with van der Waals surface area (Å²) in [5, 5.41) is 4.40. The number of likely N-dealkylation sites (N-methyl/N-ethyl adjacent to an activating group) is 1. The Labute approximate surface area is 136 Å². The van der Waals surface area contributed by atoms with Crippen LogP contribution in [0.2, 0.25) is 0 Å². The van der Waals surface area contributed by atoms with Crippen molar-refractivity contribution in [3.8, 4) is 0 Å². The summed E-state index contributed by atoms with van der Waals surface area (Å²) in [5.74, 6) is 0.108. The fourth-order valence-electron chi connectivity index (χ4n) is 4.15. The lowest BCUT2D eigenvalue weighted by atomic mass is 9.80. The summed E-state index contributed by atoms with van der Waals surface area (Å²) in [6, 6.07) is 7.07. The third kappa shape index (κ3) is 2.29. The van der Waals surface area contributed by atoms with Crippen LogP contribution in [0.1, 0.15) is 25.0 Å². The normalized spacial score (nSPS) is 26.1. The number of quaternary nitrogens is 1. The number of nitrogens with one attached hydrogen (secondary N) is 3. The molecule has 1 unspecified atom stereocenters. The second kappa shape index (κ2) is 5.24. The number of aromatic nitrogens is 1. The third-order valence-electron chi connectivity index (χ3n) is 5.18. The molecule has 2 heterocycles. The van der Waals surface area contributed by atoms with Gasteiger partial charge >= 0.3 is 0 Å². The topological polar surface area (TPSA) is 49.3 Å². The SMILES string of the molecule is CC(C)NC(=O)[C@@H]1C=C2c3cccc4[nH]cc(c34)C[C@H]2[NH+](C)C1. The first-order chi connectivity index (χ1) is 11.0. The molecule has 1 aromatic carbocycles. The maximum absolute atomic E-state index is 12.5. The number of hydrogen-bond acceptors (Lipinski definition) is 1. The molecule has 1 aromatic heterocycles. The molecule has 0 saturated heterocycles. The average molecular weight is 310 g/mol. The van der Waals surface area contributed by atoms with Crippen LogP contribution in [0.5, 0.6) is 0 Å². The predicted molar refractivity (Wildman–Crippen MR) is 92.3 cm³/mol. The van der Waals surface area contributed by atoms with Gasteiger partial charge in [0.1, 0.15) is 12.0 Å². The Bertz CT molecular complexity index is 802. The minimum Gasteiger partial charge on any atom is -0.361 e. The van der Waals surface area contributed by atoms with Gasteiger partial charge in [-0.25, -0.2) is 0 Å². The van der Waals surface area contributed by atoms with Crippen LogP contribution >= 0.6 is 0 Å². The molecule has 2 aliphatic rings. The summed E-state index contributed by atoms with van der Waals surface area (Å²) < 4.78 is 0. The van der Waals surface area contributed by atoms with E-state index in [0.717, 1.165) is 13.0 Å². The molecule has 0 saturated carbocycles. The lowest BCUT2D eigenvalue weighted by Gasteiger charge is -2.36. The van der Waals surface area contributed by atoms with Crippen molar-refractivity contribution in [2.24, 2.45) is 5.92 Å². The molecule has 3 atom stereocenters. The highest BCUT2D eigenvalue weighted by molar-refractivity contribution is 5.98. The van der Waals surface area contributed by atoms with Crippen LogP contribution in [0, 0.1) is 5.92 Å². The van der Waals surface area contributed by atoms with Crippen molar-refractivity contribution >= 4 is 22.4 Å². The van der Waals surface area contributed by atoms with Crippen LogP contribution in [-0.2, 0) is 11.2 Å². The van der Waals surface area contributed by atoms with E-state index in [0.29, 0.717) is 6.04 Å². The highest BCUT2D eigenvalue weighted by Crippen LogP contribution is 2.37. The Morgan fingerprint density at radius 2 is 2.22 bits per heavy atom. The van der Waals surface area contributed by atoms with Crippen molar-refractivity contribution in [2.45, 2.75) is 32.4 Å². The standard InChI is InChI=1S/C19H23N3O/c1-11(2)21-19(23)13-7-15-14-5-4-6-16-18(14)12(9-20-16)8-17(15)22(3)10-13/h4-7,9,11,13,17,20H,8,10H2,1-3H3,(H,21,23)/p+1/t13-,17-/m1/s1. The zero-order valence-corrected chi connectivity index (χ0v) is 13.9. The Hall–Kier alpha value is -2.07. The summed E-state index contributed by atoms with van der Waals surface area (Å²) >= 11 is 0. The van der Waals surface area contributed by atoms with E-state index in [9.17, 15) is 4.79 Å². The van der Waals surface area contributed by atoms with Gasteiger partial charge in [0.05, 0.1) is 13.6 Å². The van der Waals surface area contributed by atoms with Crippen LogP contribution in [0.3, 0.4) is 0 Å². The molecule has 4 heteroatoms. The molecular formula is C19H24N3O+. The first-order valence-corrected chi connectivity index (χ1v) is 8.48. The van der Waals surface area contributed by atoms with Crippen LogP contribution in [0.15, 0.2) is 30.5 Å². The van der Waals surface area contributed by atoms with Crippen molar-refractivity contribution in [3.05, 3.63) is 41.6 Å². The second-order valence-electron chi connectivity index (χ2n) is 7.24. The van der Waals surface area contributed by atoms with Gasteiger partial charge in [0.2, 0.25) is 5.91 Å². The average Bonchev–Trinajstić information content (AvgIpc) is 2.92. The molecule has 0 spiro atoms. The van der Waals surface area contributed by atoms with Gasteiger partial charge in [-0.2, -0.15) is 0 Å². The van der Waals surface area contributed by atoms with E-state index in [4.69, 9.17) is 0 Å². The van der Waals surface area contributed by atoms with Crippen LogP contribution in [0.25, 0.3) is 16.5 Å². The highest BCUT2D eigenvalue weighted by Gasteiger charge is 2.38. The molecule has 4 nitrogen and oxygen atoms in total. The zero-order valence-electron chi connectivity index (χ0n) is 13.9. The summed E-state index contributed by atoms with van der Waals surface area (Å²) in [6.45, 7) is 4.89. The van der Waals surface area contributed by atoms with Gasteiger partial charge in [-0.05, 0) is 31.0 Å². The molecule has 1 aliphatic carbocycles. The van der Waals surface area contributed by atoms with Gasteiger partial charge in [0, 0.05) is 35.1 Å². The number of fused-ring (bicyclic) bond motifs is 2. The molecule has 0 radical (unpaired) electrons. The molecule has 1 aliphatic heterocycles. The van der Waals surface area contributed by atoms with Crippen molar-refractivity contribution in [2.75, 3.05) is 13.6 Å². The van der Waals surface area contributed by atoms with Crippen LogP contribution in [-0.4, -0.2) is 36.6 Å². The molecule has 4 rings (SSSR count). The molecule has 23 heavy (non-hydrogen) atoms. The van der Waals surface area contributed by atoms with E-state index in [1.54, 1.807) is 0 Å². The molecular weight excluding hydrogens is 286 g/mol. The molecule has 1 amide bonds. The molecule has 120 valence electrons. The molecule has 0 bridgehead atoms. The lowest BCUT2D eigenvalue weighted by Crippen LogP contribution is -3.15. The number of carbonyl (C=O) groups is 1. The Morgan fingerprint density at radius 3 is 3.00 bits per heavy atom. The smallest absolute Gasteiger partial charge is 0.232 e. The number of rotatable bonds is 2. The van der Waals surface area contributed by atoms with Gasteiger partial charge in [0.15, 0.2) is 0 Å². The second-order valence-corrected chi connectivity index (χ2v) is 7.24. The minimum absolute atomic E-state index is 0.0422. The first-order valence-electron chi connectivity index (χ1n) is 8.48. The first kappa shape index (κ1) is 14.5. The fraction of sp³-hybridized carbons (Fsp3) is 0.421. The van der Waals surface area contributed by atoms with E-state index in [1.165, 1.54) is 32.5 Å². The van der Waals surface area contributed by atoms with Crippen LogP contribution in [0.4, 0.5) is 0 Å². The Morgan fingerprint density at radius 1 is 1.39 bits per heavy atom. The van der Waals surface area contributed by atoms with E-state index < -0.39 is 0 Å². The Kier molecular flexibility index (Phi) is 3.31. The quantitative estimate of drug-likeness (QED) is 0.766. The van der Waals surface area contributed by atoms with Gasteiger partial charge in [-0.1, -0.05) is 18.2 Å². The summed E-state index contributed by atoms with van der Waals surface area (Å²) in [4.78, 5) is 17.3. The monoisotopic (exact) mass is 310 g/mol. The van der Waals surface area contributed by atoms with E-state index in [-0.39, 0.29) is 17.9 Å². The number of aromatic amines is 1. The zero-order chi connectivity index (χ0) is 16.1. The van der Waals surface area contributed by atoms with Crippen LogP contribution < -0.4 is 10.2 Å².